The Labute approximate surface area is 79.0 Å². The van der Waals surface area contributed by atoms with Crippen molar-refractivity contribution < 1.29 is 25.2 Å². The first-order valence-corrected chi connectivity index (χ1v) is 3.96. The molecule has 0 aromatic rings. The summed E-state index contributed by atoms with van der Waals surface area (Å²) in [6.45, 7) is -0.543. The van der Waals surface area contributed by atoms with Crippen LogP contribution in [0.15, 0.2) is 5.11 Å². The number of aliphatic hydroxyl groups is 4. The van der Waals surface area contributed by atoms with Gasteiger partial charge in [-0.2, -0.15) is 0 Å². The molecule has 4 N–H and O–H groups in total. The van der Waals surface area contributed by atoms with E-state index in [1.165, 1.54) is 0 Å². The van der Waals surface area contributed by atoms with E-state index >= 15 is 0 Å². The minimum absolute atomic E-state index is 0.543. The first-order valence-electron chi connectivity index (χ1n) is 3.96. The highest BCUT2D eigenvalue weighted by Crippen LogP contribution is 2.21. The molecule has 1 unspecified atom stereocenters. The van der Waals surface area contributed by atoms with Crippen LogP contribution in [0.3, 0.4) is 0 Å². The lowest BCUT2D eigenvalue weighted by Crippen LogP contribution is -2.57. The van der Waals surface area contributed by atoms with Crippen LogP contribution in [0.2, 0.25) is 0 Å². The summed E-state index contributed by atoms with van der Waals surface area (Å²) in [5, 5.41) is 39.7. The van der Waals surface area contributed by atoms with Crippen LogP contribution < -0.4 is 0 Å². The fourth-order valence-corrected chi connectivity index (χ4v) is 1.27. The van der Waals surface area contributed by atoms with Crippen LogP contribution >= 0.6 is 0 Å². The summed E-state index contributed by atoms with van der Waals surface area (Å²) in [6.07, 6.45) is -5.45. The van der Waals surface area contributed by atoms with Crippen molar-refractivity contribution in [3.63, 3.8) is 0 Å². The molecular weight excluding hydrogens is 194 g/mol. The molecule has 0 aromatic heterocycles. The third kappa shape index (κ3) is 1.95. The van der Waals surface area contributed by atoms with Crippen LogP contribution in [0.5, 0.6) is 0 Å². The maximum Gasteiger partial charge on any atom is 0.166 e. The average Bonchev–Trinajstić information content (AvgIpc) is 2.18. The second kappa shape index (κ2) is 4.56. The smallest absolute Gasteiger partial charge is 0.166 e. The number of rotatable bonds is 2. The Morgan fingerprint density at radius 1 is 1.29 bits per heavy atom. The predicted octanol–water partition coefficient (Wildman–Crippen LogP) is -1.90. The quantitative estimate of drug-likeness (QED) is 0.237. The van der Waals surface area contributed by atoms with E-state index in [1.807, 2.05) is 0 Å². The van der Waals surface area contributed by atoms with Crippen molar-refractivity contribution in [2.24, 2.45) is 5.11 Å². The molecule has 14 heavy (non-hydrogen) atoms. The van der Waals surface area contributed by atoms with E-state index in [-0.39, 0.29) is 0 Å². The van der Waals surface area contributed by atoms with E-state index in [0.717, 1.165) is 0 Å². The van der Waals surface area contributed by atoms with E-state index in [2.05, 4.69) is 10.0 Å². The Balaban J connectivity index is 2.78. The summed E-state index contributed by atoms with van der Waals surface area (Å²) in [5.41, 5.74) is 8.11. The lowest BCUT2D eigenvalue weighted by atomic mass is 9.98. The summed E-state index contributed by atoms with van der Waals surface area (Å²) < 4.78 is 4.71. The topological polar surface area (TPSA) is 139 Å². The van der Waals surface area contributed by atoms with Gasteiger partial charge in [0.25, 0.3) is 0 Å². The van der Waals surface area contributed by atoms with Gasteiger partial charge in [-0.15, -0.1) is 0 Å². The highest BCUT2D eigenvalue weighted by atomic mass is 16.6. The van der Waals surface area contributed by atoms with Crippen molar-refractivity contribution in [2.75, 3.05) is 6.61 Å². The molecule has 80 valence electrons. The molecule has 8 heteroatoms. The number of ether oxygens (including phenoxy) is 1. The number of nitrogens with zero attached hydrogens (tertiary/aromatic N) is 3. The van der Waals surface area contributed by atoms with Crippen LogP contribution in [0.4, 0.5) is 0 Å². The molecule has 1 fully saturated rings. The Bertz CT molecular complexity index is 244. The zero-order valence-corrected chi connectivity index (χ0v) is 7.13. The first-order chi connectivity index (χ1) is 6.61. The third-order valence-electron chi connectivity index (χ3n) is 2.05. The minimum Gasteiger partial charge on any atom is -0.394 e. The predicted molar refractivity (Wildman–Crippen MR) is 42.9 cm³/mol. The van der Waals surface area contributed by atoms with Crippen molar-refractivity contribution in [1.82, 2.24) is 0 Å². The van der Waals surface area contributed by atoms with Gasteiger partial charge in [0.1, 0.15) is 18.2 Å². The zero-order valence-electron chi connectivity index (χ0n) is 7.13. The molecule has 0 amide bonds. The zero-order chi connectivity index (χ0) is 10.7. The third-order valence-corrected chi connectivity index (χ3v) is 2.05. The first kappa shape index (κ1) is 11.2. The summed E-state index contributed by atoms with van der Waals surface area (Å²) >= 11 is 0. The number of hydrogen-bond donors (Lipinski definition) is 4. The molecule has 0 radical (unpaired) electrons. The Morgan fingerprint density at radius 2 is 1.93 bits per heavy atom. The van der Waals surface area contributed by atoms with E-state index < -0.39 is 37.3 Å². The fraction of sp³-hybridized carbons (Fsp3) is 1.00. The lowest BCUT2D eigenvalue weighted by Gasteiger charge is -2.37. The summed E-state index contributed by atoms with van der Waals surface area (Å²) in [4.78, 5) is 2.40. The molecule has 1 aliphatic heterocycles. The molecule has 0 saturated carbocycles. The highest BCUT2D eigenvalue weighted by molar-refractivity contribution is 4.92. The van der Waals surface area contributed by atoms with Crippen LogP contribution in [-0.2, 0) is 4.74 Å². The van der Waals surface area contributed by atoms with Crippen LogP contribution in [0.25, 0.3) is 10.4 Å². The van der Waals surface area contributed by atoms with Crippen molar-refractivity contribution in [1.29, 1.82) is 0 Å². The monoisotopic (exact) mass is 205 g/mol. The molecule has 1 saturated heterocycles. The average molecular weight is 205 g/mol. The molecule has 0 aromatic carbocycles. The molecule has 5 atom stereocenters. The van der Waals surface area contributed by atoms with E-state index in [0.29, 0.717) is 0 Å². The SMILES string of the molecule is [N-]=[N+]=N[C@H]1C(O)O[C@H](CO)[C@@H](O)[C@@H]1O. The maximum absolute atomic E-state index is 9.37. The van der Waals surface area contributed by atoms with E-state index in [1.54, 1.807) is 0 Å². The van der Waals surface area contributed by atoms with Gasteiger partial charge in [-0.3, -0.25) is 0 Å². The second-order valence-electron chi connectivity index (χ2n) is 2.92. The van der Waals surface area contributed by atoms with Gasteiger partial charge in [-0.25, -0.2) is 0 Å². The van der Waals surface area contributed by atoms with Crippen molar-refractivity contribution in [2.45, 2.75) is 30.6 Å². The largest absolute Gasteiger partial charge is 0.394 e. The number of aliphatic hydroxyl groups excluding tert-OH is 4. The van der Waals surface area contributed by atoms with Crippen molar-refractivity contribution >= 4 is 0 Å². The Morgan fingerprint density at radius 3 is 2.43 bits per heavy atom. The van der Waals surface area contributed by atoms with Crippen LogP contribution in [0.1, 0.15) is 0 Å². The van der Waals surface area contributed by atoms with Gasteiger partial charge in [-0.05, 0) is 5.53 Å². The lowest BCUT2D eigenvalue weighted by molar-refractivity contribution is -0.248. The fourth-order valence-electron chi connectivity index (χ4n) is 1.27. The molecule has 0 aliphatic carbocycles. The molecule has 1 aliphatic rings. The second-order valence-corrected chi connectivity index (χ2v) is 2.92. The van der Waals surface area contributed by atoms with Crippen molar-refractivity contribution in [3.8, 4) is 0 Å². The summed E-state index contributed by atoms with van der Waals surface area (Å²) in [5.74, 6) is 0. The molecule has 8 nitrogen and oxygen atoms in total. The molecular formula is C6H11N3O5. The minimum atomic E-state index is -1.53. The highest BCUT2D eigenvalue weighted by Gasteiger charge is 2.43. The summed E-state index contributed by atoms with van der Waals surface area (Å²) in [6, 6.07) is -1.27. The molecule has 1 rings (SSSR count). The van der Waals surface area contributed by atoms with Gasteiger partial charge in [0, 0.05) is 4.91 Å². The molecule has 0 spiro atoms. The van der Waals surface area contributed by atoms with Gasteiger partial charge < -0.3 is 25.2 Å². The standard InChI is InChI=1S/C6H11N3O5/c7-9-8-3-5(12)4(11)2(1-10)14-6(3)13/h2-6,10-13H,1H2/t2-,3-,4-,5-,6?/m1/s1. The van der Waals surface area contributed by atoms with Crippen molar-refractivity contribution in [3.05, 3.63) is 10.4 Å². The van der Waals surface area contributed by atoms with Crippen LogP contribution in [-0.4, -0.2) is 57.7 Å². The van der Waals surface area contributed by atoms with Gasteiger partial charge in [0.15, 0.2) is 6.29 Å². The van der Waals surface area contributed by atoms with E-state index in [9.17, 15) is 15.3 Å². The Hall–Kier alpha value is -0.890. The maximum atomic E-state index is 9.37. The van der Waals surface area contributed by atoms with E-state index in [4.69, 9.17) is 15.4 Å². The van der Waals surface area contributed by atoms with Gasteiger partial charge in [-0.1, -0.05) is 5.11 Å². The number of hydrogen-bond acceptors (Lipinski definition) is 6. The normalized spacial score (nSPS) is 43.0. The number of azide groups is 1. The van der Waals surface area contributed by atoms with Gasteiger partial charge in [0.2, 0.25) is 0 Å². The van der Waals surface area contributed by atoms with Gasteiger partial charge in [0.05, 0.1) is 12.7 Å². The summed E-state index contributed by atoms with van der Waals surface area (Å²) in [7, 11) is 0. The van der Waals surface area contributed by atoms with Gasteiger partial charge >= 0.3 is 0 Å². The molecule has 0 bridgehead atoms. The molecule has 1 heterocycles. The Kier molecular flexibility index (Phi) is 3.64. The van der Waals surface area contributed by atoms with Crippen LogP contribution in [0, 0.1) is 0 Å².